The van der Waals surface area contributed by atoms with E-state index < -0.39 is 0 Å². The maximum atomic E-state index is 13.1. The Morgan fingerprint density at radius 1 is 0.962 bits per heavy atom. The summed E-state index contributed by atoms with van der Waals surface area (Å²) in [5, 5.41) is 1.42. The Labute approximate surface area is 147 Å². The number of rotatable bonds is 1. The molecule has 3 aromatic rings. The van der Waals surface area contributed by atoms with Gasteiger partial charge in [0.05, 0.1) is 7.11 Å². The van der Waals surface area contributed by atoms with E-state index in [1.165, 1.54) is 0 Å². The summed E-state index contributed by atoms with van der Waals surface area (Å²) >= 11 is 0. The Bertz CT molecular complexity index is 1150. The van der Waals surface area contributed by atoms with Gasteiger partial charge in [-0.3, -0.25) is 9.78 Å². The van der Waals surface area contributed by atoms with Crippen LogP contribution in [0.3, 0.4) is 0 Å². The molecule has 0 N–H and O–H groups in total. The van der Waals surface area contributed by atoms with Crippen LogP contribution >= 0.6 is 0 Å². The van der Waals surface area contributed by atoms with Gasteiger partial charge in [-0.25, -0.2) is 0 Å². The predicted molar refractivity (Wildman–Crippen MR) is 89.4 cm³/mol. The fourth-order valence-corrected chi connectivity index (χ4v) is 3.92. The molecule has 3 heterocycles. The highest BCUT2D eigenvalue weighted by molar-refractivity contribution is 6.27. The Morgan fingerprint density at radius 3 is 2.65 bits per heavy atom. The lowest BCUT2D eigenvalue weighted by Crippen LogP contribution is -2.13. The molecule has 0 fully saturated rings. The standard InChI is InChI=1S/C19H11NO6/c1-22-16-9-4-5-20-14-11(9)13(18-19(16)26-7-25-18)12-8(15(14)21)2-3-10-17(12)24-6-23-10/h2-5H,6-7H2,1H3. The summed E-state index contributed by atoms with van der Waals surface area (Å²) in [5.41, 5.74) is 2.25. The monoisotopic (exact) mass is 349 g/mol. The summed E-state index contributed by atoms with van der Waals surface area (Å²) < 4.78 is 28.2. The highest BCUT2D eigenvalue weighted by atomic mass is 16.7. The van der Waals surface area contributed by atoms with E-state index in [0.29, 0.717) is 51.0 Å². The molecule has 0 bridgehead atoms. The molecule has 1 aliphatic carbocycles. The van der Waals surface area contributed by atoms with Gasteiger partial charge in [-0.15, -0.1) is 0 Å². The van der Waals surface area contributed by atoms with E-state index in [0.717, 1.165) is 10.9 Å². The quantitative estimate of drug-likeness (QED) is 0.523. The van der Waals surface area contributed by atoms with Crippen LogP contribution in [-0.4, -0.2) is 31.5 Å². The largest absolute Gasteiger partial charge is 0.492 e. The number of fused-ring (bicyclic) bond motifs is 6. The van der Waals surface area contributed by atoms with Gasteiger partial charge < -0.3 is 23.7 Å². The molecule has 128 valence electrons. The summed E-state index contributed by atoms with van der Waals surface area (Å²) in [6.45, 7) is 0.187. The first-order valence-electron chi connectivity index (χ1n) is 8.05. The van der Waals surface area contributed by atoms with Crippen LogP contribution in [0, 0.1) is 0 Å². The molecule has 7 heteroatoms. The Morgan fingerprint density at radius 2 is 1.77 bits per heavy atom. The van der Waals surface area contributed by atoms with Crippen molar-refractivity contribution in [2.75, 3.05) is 20.7 Å². The molecule has 7 nitrogen and oxygen atoms in total. The number of hydrogen-bond donors (Lipinski definition) is 0. The molecule has 0 saturated carbocycles. The third-order valence-corrected chi connectivity index (χ3v) is 4.94. The zero-order valence-corrected chi connectivity index (χ0v) is 13.6. The van der Waals surface area contributed by atoms with E-state index in [-0.39, 0.29) is 19.4 Å². The summed E-state index contributed by atoms with van der Waals surface area (Å²) in [6.07, 6.45) is 1.60. The zero-order chi connectivity index (χ0) is 17.4. The van der Waals surface area contributed by atoms with Crippen molar-refractivity contribution in [1.29, 1.82) is 0 Å². The Balaban J connectivity index is 1.88. The number of ether oxygens (including phenoxy) is 5. The van der Waals surface area contributed by atoms with Gasteiger partial charge >= 0.3 is 0 Å². The summed E-state index contributed by atoms with van der Waals surface area (Å²) in [4.78, 5) is 17.5. The van der Waals surface area contributed by atoms with Crippen molar-refractivity contribution in [3.05, 3.63) is 35.7 Å². The van der Waals surface area contributed by atoms with Crippen LogP contribution in [0.15, 0.2) is 24.4 Å². The molecule has 0 saturated heterocycles. The second-order valence-electron chi connectivity index (χ2n) is 6.11. The van der Waals surface area contributed by atoms with Crippen LogP contribution in [0.1, 0.15) is 16.1 Å². The molecule has 6 rings (SSSR count). The molecule has 0 amide bonds. The topological polar surface area (TPSA) is 76.1 Å². The molecule has 0 radical (unpaired) electrons. The van der Waals surface area contributed by atoms with Gasteiger partial charge in [0.2, 0.25) is 25.1 Å². The number of benzene rings is 2. The van der Waals surface area contributed by atoms with Crippen LogP contribution in [-0.2, 0) is 0 Å². The average molecular weight is 349 g/mol. The van der Waals surface area contributed by atoms with Crippen molar-refractivity contribution < 1.29 is 28.5 Å². The van der Waals surface area contributed by atoms with Crippen molar-refractivity contribution in [3.63, 3.8) is 0 Å². The van der Waals surface area contributed by atoms with Gasteiger partial charge in [0, 0.05) is 33.7 Å². The van der Waals surface area contributed by atoms with Crippen molar-refractivity contribution in [2.24, 2.45) is 0 Å². The average Bonchev–Trinajstić information content (AvgIpc) is 3.33. The minimum absolute atomic E-state index is 0.0768. The summed E-state index contributed by atoms with van der Waals surface area (Å²) in [5.74, 6) is 2.54. The normalized spacial score (nSPS) is 15.3. The third-order valence-electron chi connectivity index (χ3n) is 4.94. The van der Waals surface area contributed by atoms with Gasteiger partial charge in [0.1, 0.15) is 5.69 Å². The molecule has 0 atom stereocenters. The minimum atomic E-state index is -0.169. The van der Waals surface area contributed by atoms with Gasteiger partial charge in [0.15, 0.2) is 23.0 Å². The fraction of sp³-hybridized carbons (Fsp3) is 0.158. The minimum Gasteiger partial charge on any atom is -0.492 e. The molecule has 3 aliphatic rings. The van der Waals surface area contributed by atoms with Gasteiger partial charge in [-0.1, -0.05) is 0 Å². The predicted octanol–water partition coefficient (Wildman–Crippen LogP) is 2.91. The first-order chi connectivity index (χ1) is 12.8. The Hall–Kier alpha value is -3.48. The van der Waals surface area contributed by atoms with E-state index in [1.54, 1.807) is 25.4 Å². The second-order valence-corrected chi connectivity index (χ2v) is 6.11. The fourth-order valence-electron chi connectivity index (χ4n) is 3.92. The number of aromatic nitrogens is 1. The lowest BCUT2D eigenvalue weighted by molar-refractivity contribution is 0.103. The summed E-state index contributed by atoms with van der Waals surface area (Å²) in [6, 6.07) is 5.29. The van der Waals surface area contributed by atoms with Crippen molar-refractivity contribution >= 4 is 16.6 Å². The van der Waals surface area contributed by atoms with Crippen LogP contribution < -0.4 is 23.7 Å². The highest BCUT2D eigenvalue weighted by Gasteiger charge is 2.39. The van der Waals surface area contributed by atoms with Gasteiger partial charge in [-0.2, -0.15) is 0 Å². The SMILES string of the molecule is COc1c2c(c3c4c(nccc14)C(=O)c1ccc4c(c1-3)OCO4)OCO2. The number of hydrogen-bond acceptors (Lipinski definition) is 7. The Kier molecular flexibility index (Phi) is 2.42. The number of nitrogens with zero attached hydrogens (tertiary/aromatic N) is 1. The van der Waals surface area contributed by atoms with Crippen molar-refractivity contribution in [3.8, 4) is 39.9 Å². The summed E-state index contributed by atoms with van der Waals surface area (Å²) in [7, 11) is 1.56. The molecule has 2 aliphatic heterocycles. The number of carbonyl (C=O) groups excluding carboxylic acids is 1. The van der Waals surface area contributed by atoms with Crippen molar-refractivity contribution in [2.45, 2.75) is 0 Å². The van der Waals surface area contributed by atoms with Crippen LogP contribution in [0.4, 0.5) is 0 Å². The lowest BCUT2D eigenvalue weighted by Gasteiger charge is -2.22. The first-order valence-corrected chi connectivity index (χ1v) is 8.05. The van der Waals surface area contributed by atoms with E-state index >= 15 is 0 Å². The number of carbonyl (C=O) groups is 1. The lowest BCUT2D eigenvalue weighted by atomic mass is 9.83. The number of ketones is 1. The molecule has 26 heavy (non-hydrogen) atoms. The molecule has 2 aromatic carbocycles. The van der Waals surface area contributed by atoms with Crippen LogP contribution in [0.25, 0.3) is 21.9 Å². The number of methoxy groups -OCH3 is 1. The molecule has 0 spiro atoms. The van der Waals surface area contributed by atoms with Crippen LogP contribution in [0.2, 0.25) is 0 Å². The number of pyridine rings is 1. The van der Waals surface area contributed by atoms with Crippen molar-refractivity contribution in [1.82, 2.24) is 4.98 Å². The van der Waals surface area contributed by atoms with Crippen LogP contribution in [0.5, 0.6) is 28.7 Å². The molecular formula is C19H11NO6. The van der Waals surface area contributed by atoms with E-state index in [9.17, 15) is 4.79 Å². The zero-order valence-electron chi connectivity index (χ0n) is 13.6. The van der Waals surface area contributed by atoms with Gasteiger partial charge in [-0.05, 0) is 18.2 Å². The maximum absolute atomic E-state index is 13.1. The first kappa shape index (κ1) is 13.8. The van der Waals surface area contributed by atoms with Gasteiger partial charge in [0.25, 0.3) is 0 Å². The molecule has 0 unspecified atom stereocenters. The van der Waals surface area contributed by atoms with E-state index in [1.807, 2.05) is 6.07 Å². The third kappa shape index (κ3) is 1.45. The smallest absolute Gasteiger partial charge is 0.231 e. The molecule has 1 aromatic heterocycles. The highest BCUT2D eigenvalue weighted by Crippen LogP contribution is 2.59. The van der Waals surface area contributed by atoms with E-state index in [2.05, 4.69) is 4.98 Å². The maximum Gasteiger partial charge on any atom is 0.231 e. The van der Waals surface area contributed by atoms with E-state index in [4.69, 9.17) is 23.7 Å². The molecular weight excluding hydrogens is 338 g/mol. The second kappa shape index (κ2) is 4.57.